The van der Waals surface area contributed by atoms with Crippen LogP contribution in [0.4, 0.5) is 0 Å². The number of aryl methyl sites for hydroxylation is 2. The minimum atomic E-state index is 0.360. The smallest absolute Gasteiger partial charge is 0.223 e. The molecular weight excluding hydrogens is 310 g/mol. The lowest BCUT2D eigenvalue weighted by Gasteiger charge is -2.39. The van der Waals surface area contributed by atoms with Crippen LogP contribution in [-0.2, 0) is 11.2 Å². The maximum atomic E-state index is 12.8. The first-order valence-corrected chi connectivity index (χ1v) is 9.56. The van der Waals surface area contributed by atoms with Crippen LogP contribution >= 0.6 is 0 Å². The van der Waals surface area contributed by atoms with Crippen LogP contribution in [0.25, 0.3) is 0 Å². The summed E-state index contributed by atoms with van der Waals surface area (Å²) in [6, 6.07) is 11.8. The fourth-order valence-corrected chi connectivity index (χ4v) is 4.62. The molecular formula is C21H27N3O. The number of hydrogen-bond acceptors (Lipinski definition) is 2. The molecule has 1 aromatic heterocycles. The van der Waals surface area contributed by atoms with Crippen molar-refractivity contribution in [3.8, 4) is 0 Å². The highest BCUT2D eigenvalue weighted by atomic mass is 16.2. The van der Waals surface area contributed by atoms with Gasteiger partial charge in [-0.3, -0.25) is 9.48 Å². The number of carbonyl (C=O) groups is 1. The van der Waals surface area contributed by atoms with Gasteiger partial charge in [0.05, 0.1) is 12.2 Å². The Labute approximate surface area is 149 Å². The van der Waals surface area contributed by atoms with Crippen LogP contribution in [0.3, 0.4) is 0 Å². The molecule has 4 heteroatoms. The van der Waals surface area contributed by atoms with Crippen molar-refractivity contribution < 1.29 is 4.79 Å². The topological polar surface area (TPSA) is 38.1 Å². The van der Waals surface area contributed by atoms with E-state index in [-0.39, 0.29) is 0 Å². The van der Waals surface area contributed by atoms with Crippen molar-refractivity contribution in [2.45, 2.75) is 70.0 Å². The second kappa shape index (κ2) is 7.03. The highest BCUT2D eigenvalue weighted by Crippen LogP contribution is 2.41. The normalized spacial score (nSPS) is 25.3. The zero-order valence-corrected chi connectivity index (χ0v) is 15.0. The van der Waals surface area contributed by atoms with Crippen molar-refractivity contribution in [3.05, 3.63) is 53.9 Å². The van der Waals surface area contributed by atoms with Gasteiger partial charge >= 0.3 is 0 Å². The van der Waals surface area contributed by atoms with Crippen LogP contribution in [0.2, 0.25) is 0 Å². The summed E-state index contributed by atoms with van der Waals surface area (Å²) in [5.74, 6) is 0.360. The molecule has 3 heterocycles. The average molecular weight is 337 g/mol. The van der Waals surface area contributed by atoms with E-state index >= 15 is 0 Å². The lowest BCUT2D eigenvalue weighted by molar-refractivity contribution is -0.136. The fourth-order valence-electron chi connectivity index (χ4n) is 4.62. The predicted molar refractivity (Wildman–Crippen MR) is 98.3 cm³/mol. The van der Waals surface area contributed by atoms with Gasteiger partial charge in [0.25, 0.3) is 0 Å². The number of carbonyl (C=O) groups excluding carboxylic acids is 1. The lowest BCUT2D eigenvalue weighted by atomic mass is 9.96. The van der Waals surface area contributed by atoms with Crippen molar-refractivity contribution in [1.29, 1.82) is 0 Å². The van der Waals surface area contributed by atoms with Crippen molar-refractivity contribution >= 4 is 5.91 Å². The van der Waals surface area contributed by atoms with Crippen molar-refractivity contribution in [3.63, 3.8) is 0 Å². The Balaban J connectivity index is 1.33. The molecule has 0 aliphatic carbocycles. The number of benzene rings is 1. The third-order valence-corrected chi connectivity index (χ3v) is 5.80. The third kappa shape index (κ3) is 3.48. The van der Waals surface area contributed by atoms with Crippen LogP contribution in [0.5, 0.6) is 0 Å². The van der Waals surface area contributed by atoms with Gasteiger partial charge in [-0.2, -0.15) is 5.10 Å². The van der Waals surface area contributed by atoms with Gasteiger partial charge in [0.2, 0.25) is 5.91 Å². The monoisotopic (exact) mass is 337 g/mol. The Morgan fingerprint density at radius 3 is 2.48 bits per heavy atom. The van der Waals surface area contributed by atoms with Gasteiger partial charge in [-0.1, -0.05) is 30.3 Å². The van der Waals surface area contributed by atoms with E-state index in [0.717, 1.165) is 38.5 Å². The Bertz CT molecular complexity index is 710. The number of piperidine rings is 1. The highest BCUT2D eigenvalue weighted by molar-refractivity contribution is 5.77. The molecule has 2 bridgehead atoms. The number of amides is 1. The van der Waals surface area contributed by atoms with Crippen LogP contribution in [-0.4, -0.2) is 32.7 Å². The Morgan fingerprint density at radius 1 is 1.12 bits per heavy atom. The third-order valence-electron chi connectivity index (χ3n) is 5.80. The summed E-state index contributed by atoms with van der Waals surface area (Å²) in [7, 11) is 0. The molecule has 2 unspecified atom stereocenters. The summed E-state index contributed by atoms with van der Waals surface area (Å²) in [5.41, 5.74) is 2.54. The molecule has 4 nitrogen and oxygen atoms in total. The van der Waals surface area contributed by atoms with Gasteiger partial charge in [-0.25, -0.2) is 0 Å². The van der Waals surface area contributed by atoms with Gasteiger partial charge in [0, 0.05) is 24.7 Å². The summed E-state index contributed by atoms with van der Waals surface area (Å²) in [5, 5.41) is 4.50. The van der Waals surface area contributed by atoms with Crippen LogP contribution in [0.1, 0.15) is 55.7 Å². The number of aromatic nitrogens is 2. The first-order chi connectivity index (χ1) is 12.2. The largest absolute Gasteiger partial charge is 0.337 e. The molecule has 2 aliphatic heterocycles. The van der Waals surface area contributed by atoms with Gasteiger partial charge in [0.1, 0.15) is 0 Å². The van der Waals surface area contributed by atoms with Gasteiger partial charge in [0.15, 0.2) is 0 Å². The molecule has 0 spiro atoms. The van der Waals surface area contributed by atoms with E-state index in [1.807, 2.05) is 12.3 Å². The molecule has 2 atom stereocenters. The first kappa shape index (κ1) is 16.4. The maximum absolute atomic E-state index is 12.8. The van der Waals surface area contributed by atoms with Crippen LogP contribution < -0.4 is 0 Å². The predicted octanol–water partition coefficient (Wildman–Crippen LogP) is 3.91. The Kier molecular flexibility index (Phi) is 4.60. The minimum Gasteiger partial charge on any atom is -0.337 e. The van der Waals surface area contributed by atoms with E-state index in [0.29, 0.717) is 30.5 Å². The summed E-state index contributed by atoms with van der Waals surface area (Å²) in [6.45, 7) is 2.09. The number of rotatable bonds is 5. The molecule has 4 rings (SSSR count). The molecule has 1 aromatic carbocycles. The summed E-state index contributed by atoms with van der Waals surface area (Å²) >= 11 is 0. The first-order valence-electron chi connectivity index (χ1n) is 9.56. The zero-order chi connectivity index (χ0) is 17.2. The summed E-state index contributed by atoms with van der Waals surface area (Å²) < 4.78 is 2.12. The molecule has 2 fully saturated rings. The molecule has 1 amide bonds. The fraction of sp³-hybridized carbons (Fsp3) is 0.524. The van der Waals surface area contributed by atoms with E-state index in [1.54, 1.807) is 0 Å². The number of fused-ring (bicyclic) bond motifs is 2. The molecule has 0 N–H and O–H groups in total. The van der Waals surface area contributed by atoms with Gasteiger partial charge < -0.3 is 4.90 Å². The van der Waals surface area contributed by atoms with Crippen molar-refractivity contribution in [2.75, 3.05) is 0 Å². The van der Waals surface area contributed by atoms with E-state index in [4.69, 9.17) is 0 Å². The average Bonchev–Trinajstić information content (AvgIpc) is 3.17. The molecule has 132 valence electrons. The number of nitrogens with zero attached hydrogens (tertiary/aromatic N) is 3. The highest BCUT2D eigenvalue weighted by Gasteiger charge is 2.43. The molecule has 2 aromatic rings. The van der Waals surface area contributed by atoms with E-state index in [9.17, 15) is 4.79 Å². The lowest BCUT2D eigenvalue weighted by Crippen LogP contribution is -2.47. The molecule has 2 saturated heterocycles. The van der Waals surface area contributed by atoms with Crippen LogP contribution in [0, 0.1) is 6.92 Å². The quantitative estimate of drug-likeness (QED) is 0.830. The van der Waals surface area contributed by atoms with Gasteiger partial charge in [-0.15, -0.1) is 0 Å². The zero-order valence-electron chi connectivity index (χ0n) is 15.0. The number of hydrogen-bond donors (Lipinski definition) is 0. The molecule has 25 heavy (non-hydrogen) atoms. The maximum Gasteiger partial charge on any atom is 0.223 e. The summed E-state index contributed by atoms with van der Waals surface area (Å²) in [6.07, 6.45) is 11.1. The SMILES string of the molecule is Cc1cnn(C2CC3CCC(C2)N3C(=O)CCCc2ccccc2)c1. The van der Waals surface area contributed by atoms with E-state index in [2.05, 4.69) is 52.1 Å². The Hall–Kier alpha value is -2.10. The van der Waals surface area contributed by atoms with E-state index in [1.165, 1.54) is 11.1 Å². The van der Waals surface area contributed by atoms with Crippen molar-refractivity contribution in [2.24, 2.45) is 0 Å². The van der Waals surface area contributed by atoms with Gasteiger partial charge in [-0.05, 0) is 56.6 Å². The standard InChI is InChI=1S/C21H27N3O/c1-16-14-22-23(15-16)20-12-18-10-11-19(13-20)24(18)21(25)9-5-8-17-6-3-2-4-7-17/h2-4,6-7,14-15,18-20H,5,8-13H2,1H3. The second-order valence-electron chi connectivity index (χ2n) is 7.65. The molecule has 0 saturated carbocycles. The second-order valence-corrected chi connectivity index (χ2v) is 7.65. The summed E-state index contributed by atoms with van der Waals surface area (Å²) in [4.78, 5) is 15.0. The van der Waals surface area contributed by atoms with E-state index < -0.39 is 0 Å². The van der Waals surface area contributed by atoms with Crippen LogP contribution in [0.15, 0.2) is 42.7 Å². The van der Waals surface area contributed by atoms with Crippen molar-refractivity contribution in [1.82, 2.24) is 14.7 Å². The Morgan fingerprint density at radius 2 is 1.84 bits per heavy atom. The minimum absolute atomic E-state index is 0.360. The molecule has 2 aliphatic rings. The molecule has 0 radical (unpaired) electrons.